The van der Waals surface area contributed by atoms with Crippen molar-refractivity contribution < 1.29 is 44.1 Å². The third-order valence-electron chi connectivity index (χ3n) is 8.34. The predicted octanol–water partition coefficient (Wildman–Crippen LogP) is -0.696. The van der Waals surface area contributed by atoms with E-state index < -0.39 is 88.0 Å². The van der Waals surface area contributed by atoms with Gasteiger partial charge in [-0.25, -0.2) is 0 Å². The van der Waals surface area contributed by atoms with Gasteiger partial charge in [-0.05, 0) is 38.1 Å². The number of benzene rings is 1. The number of hydrogen-bond acceptors (Lipinski definition) is 10. The van der Waals surface area contributed by atoms with Crippen molar-refractivity contribution in [1.82, 2.24) is 4.90 Å². The third-order valence-corrected chi connectivity index (χ3v) is 8.34. The van der Waals surface area contributed by atoms with E-state index in [2.05, 4.69) is 11.9 Å². The Hall–Kier alpha value is -3.74. The molecule has 4 rings (SSSR count). The fourth-order valence-corrected chi connectivity index (χ4v) is 6.54. The number of Topliss-reactive ketones (excluding diaryl/α,β-unsaturated/α-hetero) is 4. The number of nitrogens with two attached hydrogens (primary N) is 1. The van der Waals surface area contributed by atoms with Crippen LogP contribution in [0.25, 0.3) is 0 Å². The molecule has 0 bridgehead atoms. The van der Waals surface area contributed by atoms with E-state index in [0.29, 0.717) is 6.42 Å². The number of likely N-dealkylation sites (N-methyl/N-ethyl adjacent to an activating group) is 1. The Labute approximate surface area is 223 Å². The van der Waals surface area contributed by atoms with E-state index in [1.54, 1.807) is 13.0 Å². The highest BCUT2D eigenvalue weighted by Crippen LogP contribution is 2.55. The summed E-state index contributed by atoms with van der Waals surface area (Å²) in [6.45, 7) is 5.15. The minimum Gasteiger partial charge on any atom is -0.505 e. The highest BCUT2D eigenvalue weighted by molar-refractivity contribution is 6.32. The molecule has 39 heavy (non-hydrogen) atoms. The summed E-state index contributed by atoms with van der Waals surface area (Å²) in [6.07, 6.45) is 0.280. The van der Waals surface area contributed by atoms with Crippen molar-refractivity contribution in [3.05, 3.63) is 35.9 Å². The fourth-order valence-electron chi connectivity index (χ4n) is 6.54. The average molecular weight is 542 g/mol. The Balaban J connectivity index is 1.86. The zero-order valence-electron chi connectivity index (χ0n) is 21.7. The van der Waals surface area contributed by atoms with Gasteiger partial charge in [-0.15, -0.1) is 6.58 Å². The first kappa shape index (κ1) is 28.3. The van der Waals surface area contributed by atoms with Crippen LogP contribution in [0.15, 0.2) is 24.8 Å². The number of aliphatic hydroxyl groups excluding tert-OH is 1. The number of fused-ring (bicyclic) bond motifs is 3. The molecule has 12 nitrogen and oxygen atoms in total. The Morgan fingerprint density at radius 2 is 1.82 bits per heavy atom. The van der Waals surface area contributed by atoms with Gasteiger partial charge >= 0.3 is 0 Å². The molecule has 12 heteroatoms. The monoisotopic (exact) mass is 541 g/mol. The molecule has 2 amide bonds. The molecule has 8 atom stereocenters. The molecule has 0 aliphatic heterocycles. The minimum atomic E-state index is -3.07. The Kier molecular flexibility index (Phi) is 7.09. The minimum absolute atomic E-state index is 0.0725. The van der Waals surface area contributed by atoms with Crippen LogP contribution in [-0.4, -0.2) is 87.0 Å². The van der Waals surface area contributed by atoms with Gasteiger partial charge in [0.1, 0.15) is 5.75 Å². The molecule has 2 fully saturated rings. The molecule has 1 aromatic carbocycles. The van der Waals surface area contributed by atoms with Crippen molar-refractivity contribution in [1.29, 1.82) is 0 Å². The molecule has 2 unspecified atom stereocenters. The van der Waals surface area contributed by atoms with Crippen molar-refractivity contribution >= 4 is 40.6 Å². The lowest BCUT2D eigenvalue weighted by molar-refractivity contribution is -0.196. The van der Waals surface area contributed by atoms with Crippen molar-refractivity contribution in [3.63, 3.8) is 0 Å². The number of nitrogens with one attached hydrogen (secondary N) is 1. The molecule has 2 saturated carbocycles. The summed E-state index contributed by atoms with van der Waals surface area (Å²) in [5, 5.41) is 36.7. The molecule has 6 N–H and O–H groups in total. The van der Waals surface area contributed by atoms with Crippen LogP contribution >= 0.6 is 0 Å². The lowest BCUT2D eigenvalue weighted by Crippen LogP contribution is -2.77. The summed E-state index contributed by atoms with van der Waals surface area (Å²) in [7, 11) is 2.85. The second-order valence-electron chi connectivity index (χ2n) is 10.7. The maximum absolute atomic E-state index is 13.9. The van der Waals surface area contributed by atoms with Gasteiger partial charge in [0.25, 0.3) is 0 Å². The molecule has 0 radical (unpaired) electrons. The number of aliphatic hydroxyl groups is 2. The summed E-state index contributed by atoms with van der Waals surface area (Å²) < 4.78 is 0. The van der Waals surface area contributed by atoms with E-state index >= 15 is 0 Å². The van der Waals surface area contributed by atoms with Gasteiger partial charge in [-0.2, -0.15) is 0 Å². The molecule has 1 aromatic rings. The number of anilines is 1. The molecule has 3 aliphatic rings. The number of hydrogen-bond donors (Lipinski definition) is 5. The molecule has 0 saturated heterocycles. The number of phenols is 1. The standard InChI is InChI=1S/C27H31N3O9/c1-5-6-7-13(31)29-12-9-8-11-10(2)14-16(21(33)15(11)20(12)32)24(36)27(39)18(22(14)34)19(30(3)4)23(35)17(25(27)37)26(28)38/h5,8-10,14,16-19,22,32,34,39H,1,6-7H2,2-4H3,(H2,28,38)(H,29,31)/t10-,14+,16?,17?,18+,19-,22-,27-/m0/s1. The van der Waals surface area contributed by atoms with E-state index in [9.17, 15) is 44.1 Å². The van der Waals surface area contributed by atoms with Gasteiger partial charge in [-0.3, -0.25) is 33.7 Å². The van der Waals surface area contributed by atoms with Crippen LogP contribution < -0.4 is 11.1 Å². The van der Waals surface area contributed by atoms with Crippen molar-refractivity contribution in [3.8, 4) is 5.75 Å². The average Bonchev–Trinajstić information content (AvgIpc) is 2.85. The van der Waals surface area contributed by atoms with Gasteiger partial charge in [0.2, 0.25) is 11.8 Å². The van der Waals surface area contributed by atoms with E-state index in [0.717, 1.165) is 0 Å². The quantitative estimate of drug-likeness (QED) is 0.174. The summed E-state index contributed by atoms with van der Waals surface area (Å²) in [4.78, 5) is 79.8. The lowest BCUT2D eigenvalue weighted by Gasteiger charge is -2.56. The number of carbonyl (C=O) groups is 6. The summed E-state index contributed by atoms with van der Waals surface area (Å²) in [5.41, 5.74) is 2.14. The SMILES string of the molecule is C=CCCC(=O)Nc1ccc2c(c1O)C(=O)C1C(=O)[C@]3(O)C(=O)C(C(N)=O)C(=O)[C@@H](N(C)C)[C@@H]3[C@@H](O)[C@@H]1[C@H]2C. The summed E-state index contributed by atoms with van der Waals surface area (Å²) in [5.74, 6) is -14.6. The Morgan fingerprint density at radius 1 is 1.18 bits per heavy atom. The Morgan fingerprint density at radius 3 is 2.38 bits per heavy atom. The number of ketones is 4. The molecular weight excluding hydrogens is 510 g/mol. The van der Waals surface area contributed by atoms with Crippen LogP contribution in [0.2, 0.25) is 0 Å². The number of phenolic OH excluding ortho intramolecular Hbond substituents is 1. The lowest BCUT2D eigenvalue weighted by atomic mass is 9.49. The smallest absolute Gasteiger partial charge is 0.235 e. The normalized spacial score (nSPS) is 33.7. The molecule has 0 spiro atoms. The topological polar surface area (TPSA) is 204 Å². The van der Waals surface area contributed by atoms with Crippen molar-refractivity contribution in [2.45, 2.75) is 43.4 Å². The number of aromatic hydroxyl groups is 1. The molecule has 3 aliphatic carbocycles. The first-order valence-electron chi connectivity index (χ1n) is 12.5. The fraction of sp³-hybridized carbons (Fsp3) is 0.481. The molecule has 0 aromatic heterocycles. The van der Waals surface area contributed by atoms with Crippen LogP contribution in [0.1, 0.15) is 41.6 Å². The van der Waals surface area contributed by atoms with Crippen molar-refractivity contribution in [2.75, 3.05) is 19.4 Å². The largest absolute Gasteiger partial charge is 0.505 e. The second kappa shape index (κ2) is 9.78. The van der Waals surface area contributed by atoms with Gasteiger partial charge in [-0.1, -0.05) is 19.1 Å². The second-order valence-corrected chi connectivity index (χ2v) is 10.7. The Bertz CT molecular complexity index is 1320. The third kappa shape index (κ3) is 3.93. The maximum Gasteiger partial charge on any atom is 0.235 e. The van der Waals surface area contributed by atoms with Gasteiger partial charge in [0.05, 0.1) is 35.2 Å². The van der Waals surface area contributed by atoms with Crippen LogP contribution in [-0.2, 0) is 24.0 Å². The zero-order chi connectivity index (χ0) is 29.1. The number of allylic oxidation sites excluding steroid dienone is 1. The van der Waals surface area contributed by atoms with Crippen LogP contribution in [0.5, 0.6) is 5.75 Å². The van der Waals surface area contributed by atoms with E-state index in [-0.39, 0.29) is 23.2 Å². The maximum atomic E-state index is 13.9. The molecular formula is C27H31N3O9. The number of nitrogens with zero attached hydrogens (tertiary/aromatic N) is 1. The van der Waals surface area contributed by atoms with E-state index in [1.807, 2.05) is 0 Å². The highest BCUT2D eigenvalue weighted by Gasteiger charge is 2.72. The van der Waals surface area contributed by atoms with E-state index in [4.69, 9.17) is 5.73 Å². The van der Waals surface area contributed by atoms with Crippen LogP contribution in [0, 0.1) is 23.7 Å². The first-order chi connectivity index (χ1) is 18.2. The van der Waals surface area contributed by atoms with Crippen molar-refractivity contribution in [2.24, 2.45) is 29.4 Å². The number of rotatable bonds is 6. The summed E-state index contributed by atoms with van der Waals surface area (Å²) in [6, 6.07) is 1.44. The molecule has 0 heterocycles. The van der Waals surface area contributed by atoms with Crippen LogP contribution in [0.4, 0.5) is 5.69 Å². The molecule has 208 valence electrons. The van der Waals surface area contributed by atoms with Gasteiger partial charge in [0.15, 0.2) is 34.7 Å². The zero-order valence-corrected chi connectivity index (χ0v) is 21.7. The summed E-state index contributed by atoms with van der Waals surface area (Å²) >= 11 is 0. The van der Waals surface area contributed by atoms with Gasteiger partial charge in [0, 0.05) is 12.3 Å². The van der Waals surface area contributed by atoms with Crippen LogP contribution in [0.3, 0.4) is 0 Å². The van der Waals surface area contributed by atoms with Gasteiger partial charge < -0.3 is 26.4 Å². The van der Waals surface area contributed by atoms with E-state index in [1.165, 1.54) is 31.1 Å². The number of primary amides is 1. The number of carbonyl (C=O) groups excluding carboxylic acids is 6. The predicted molar refractivity (Wildman–Crippen MR) is 136 cm³/mol. The highest BCUT2D eigenvalue weighted by atomic mass is 16.3. The number of amides is 2. The first-order valence-corrected chi connectivity index (χ1v) is 12.5.